The standard InChI is InChI=1S/C16H16Cl2FN3O3S/c1-8-3-14(22-25-8)21-16(24)7-26-6-15(23)20-9(2)10-4-13(19)12(18)5-11(10)17/h3-5,9H,6-7H2,1-2H3,(H,20,23)(H,21,22,24). The van der Waals surface area contributed by atoms with E-state index in [0.29, 0.717) is 17.1 Å². The molecule has 0 fully saturated rings. The lowest BCUT2D eigenvalue weighted by Gasteiger charge is -2.16. The number of carbonyl (C=O) groups excluding carboxylic acids is 2. The Morgan fingerprint density at radius 2 is 1.92 bits per heavy atom. The van der Waals surface area contributed by atoms with E-state index in [9.17, 15) is 14.0 Å². The van der Waals surface area contributed by atoms with Crippen molar-refractivity contribution >= 4 is 52.6 Å². The van der Waals surface area contributed by atoms with Gasteiger partial charge in [0.15, 0.2) is 5.82 Å². The first-order valence-corrected chi connectivity index (χ1v) is 9.42. The van der Waals surface area contributed by atoms with Crippen LogP contribution in [0.25, 0.3) is 0 Å². The number of thioether (sulfide) groups is 1. The van der Waals surface area contributed by atoms with Gasteiger partial charge >= 0.3 is 0 Å². The van der Waals surface area contributed by atoms with Gasteiger partial charge in [-0.05, 0) is 31.5 Å². The normalized spacial score (nSPS) is 11.9. The Hall–Kier alpha value is -1.77. The molecule has 1 heterocycles. The van der Waals surface area contributed by atoms with E-state index in [1.165, 1.54) is 12.1 Å². The Morgan fingerprint density at radius 1 is 1.23 bits per heavy atom. The molecule has 1 aromatic carbocycles. The lowest BCUT2D eigenvalue weighted by Crippen LogP contribution is -2.29. The van der Waals surface area contributed by atoms with Gasteiger partial charge in [-0.1, -0.05) is 28.4 Å². The summed E-state index contributed by atoms with van der Waals surface area (Å²) in [6.45, 7) is 3.39. The molecule has 2 rings (SSSR count). The second kappa shape index (κ2) is 9.25. The fourth-order valence-electron chi connectivity index (χ4n) is 2.07. The van der Waals surface area contributed by atoms with Crippen molar-refractivity contribution in [2.75, 3.05) is 16.8 Å². The predicted octanol–water partition coefficient (Wildman–Crippen LogP) is 3.98. The topological polar surface area (TPSA) is 84.2 Å². The van der Waals surface area contributed by atoms with Crippen molar-refractivity contribution in [3.8, 4) is 0 Å². The molecule has 6 nitrogen and oxygen atoms in total. The van der Waals surface area contributed by atoms with E-state index in [1.807, 2.05) is 0 Å². The van der Waals surface area contributed by atoms with E-state index < -0.39 is 11.9 Å². The van der Waals surface area contributed by atoms with E-state index in [1.54, 1.807) is 19.9 Å². The minimum absolute atomic E-state index is 0.0588. The van der Waals surface area contributed by atoms with Gasteiger partial charge in [0.25, 0.3) is 0 Å². The summed E-state index contributed by atoms with van der Waals surface area (Å²) in [7, 11) is 0. The maximum atomic E-state index is 13.6. The van der Waals surface area contributed by atoms with Gasteiger partial charge < -0.3 is 15.2 Å². The highest BCUT2D eigenvalue weighted by molar-refractivity contribution is 8.00. The number of anilines is 1. The number of nitrogens with zero attached hydrogens (tertiary/aromatic N) is 1. The molecule has 140 valence electrons. The van der Waals surface area contributed by atoms with Crippen LogP contribution in [0.2, 0.25) is 10.0 Å². The molecule has 1 atom stereocenters. The SMILES string of the molecule is Cc1cc(NC(=O)CSCC(=O)NC(C)c2cc(F)c(Cl)cc2Cl)no1. The van der Waals surface area contributed by atoms with Crippen LogP contribution in [0.5, 0.6) is 0 Å². The summed E-state index contributed by atoms with van der Waals surface area (Å²) < 4.78 is 18.4. The molecule has 0 saturated heterocycles. The number of benzene rings is 1. The maximum Gasteiger partial charge on any atom is 0.235 e. The largest absolute Gasteiger partial charge is 0.360 e. The van der Waals surface area contributed by atoms with Crippen molar-refractivity contribution in [2.45, 2.75) is 19.9 Å². The van der Waals surface area contributed by atoms with E-state index in [-0.39, 0.29) is 33.4 Å². The van der Waals surface area contributed by atoms with E-state index in [4.69, 9.17) is 27.7 Å². The molecule has 0 bridgehead atoms. The van der Waals surface area contributed by atoms with Gasteiger partial charge in [-0.3, -0.25) is 9.59 Å². The first-order chi connectivity index (χ1) is 12.3. The zero-order valence-corrected chi connectivity index (χ0v) is 16.3. The first kappa shape index (κ1) is 20.5. The van der Waals surface area contributed by atoms with Crippen LogP contribution >= 0.6 is 35.0 Å². The summed E-state index contributed by atoms with van der Waals surface area (Å²) in [5.41, 5.74) is 0.422. The Balaban J connectivity index is 1.78. The first-order valence-electron chi connectivity index (χ1n) is 7.51. The molecule has 0 aliphatic carbocycles. The van der Waals surface area contributed by atoms with Crippen molar-refractivity contribution in [1.82, 2.24) is 10.5 Å². The highest BCUT2D eigenvalue weighted by atomic mass is 35.5. The second-order valence-corrected chi connectivity index (χ2v) is 7.24. The minimum atomic E-state index is -0.610. The number of aryl methyl sites for hydroxylation is 1. The van der Waals surface area contributed by atoms with E-state index in [2.05, 4.69) is 15.8 Å². The molecule has 0 aliphatic heterocycles. The zero-order chi connectivity index (χ0) is 19.3. The predicted molar refractivity (Wildman–Crippen MR) is 100 cm³/mol. The molecule has 2 aromatic rings. The molecule has 1 aromatic heterocycles. The molecule has 2 amide bonds. The van der Waals surface area contributed by atoms with Crippen molar-refractivity contribution < 1.29 is 18.5 Å². The maximum absolute atomic E-state index is 13.6. The quantitative estimate of drug-likeness (QED) is 0.662. The van der Waals surface area contributed by atoms with Gasteiger partial charge in [0.1, 0.15) is 11.6 Å². The van der Waals surface area contributed by atoms with Crippen molar-refractivity contribution in [1.29, 1.82) is 0 Å². The van der Waals surface area contributed by atoms with Crippen LogP contribution in [0.15, 0.2) is 22.7 Å². The Kier molecular flexibility index (Phi) is 7.31. The Morgan fingerprint density at radius 3 is 2.58 bits per heavy atom. The summed E-state index contributed by atoms with van der Waals surface area (Å²) in [5.74, 6) is -0.177. The van der Waals surface area contributed by atoms with Crippen LogP contribution in [0.4, 0.5) is 10.2 Å². The lowest BCUT2D eigenvalue weighted by molar-refractivity contribution is -0.119. The number of halogens is 3. The molecular formula is C16H16Cl2FN3O3S. The highest BCUT2D eigenvalue weighted by Crippen LogP contribution is 2.28. The van der Waals surface area contributed by atoms with Crippen LogP contribution in [-0.4, -0.2) is 28.5 Å². The van der Waals surface area contributed by atoms with Crippen LogP contribution < -0.4 is 10.6 Å². The highest BCUT2D eigenvalue weighted by Gasteiger charge is 2.16. The van der Waals surface area contributed by atoms with Crippen molar-refractivity contribution in [3.05, 3.63) is 45.4 Å². The summed E-state index contributed by atoms with van der Waals surface area (Å²) in [6.07, 6.45) is 0. The molecule has 26 heavy (non-hydrogen) atoms. The molecule has 2 N–H and O–H groups in total. The number of nitrogens with one attached hydrogen (secondary N) is 2. The summed E-state index contributed by atoms with van der Waals surface area (Å²) in [4.78, 5) is 23.7. The number of amides is 2. The van der Waals surface area contributed by atoms with Crippen LogP contribution in [0, 0.1) is 12.7 Å². The van der Waals surface area contributed by atoms with Crippen LogP contribution in [-0.2, 0) is 9.59 Å². The Labute approximate surface area is 163 Å². The fourth-order valence-corrected chi connectivity index (χ4v) is 3.25. The molecule has 0 radical (unpaired) electrons. The molecule has 10 heteroatoms. The summed E-state index contributed by atoms with van der Waals surface area (Å²) in [6, 6.07) is 3.57. The van der Waals surface area contributed by atoms with E-state index >= 15 is 0 Å². The third-order valence-electron chi connectivity index (χ3n) is 3.25. The number of rotatable bonds is 7. The summed E-state index contributed by atoms with van der Waals surface area (Å²) >= 11 is 12.8. The average molecular weight is 420 g/mol. The van der Waals surface area contributed by atoms with E-state index in [0.717, 1.165) is 11.8 Å². The average Bonchev–Trinajstić information content (AvgIpc) is 2.95. The Bertz CT molecular complexity index is 816. The fraction of sp³-hybridized carbons (Fsp3) is 0.312. The number of aromatic nitrogens is 1. The number of hydrogen-bond donors (Lipinski definition) is 2. The van der Waals surface area contributed by atoms with Crippen LogP contribution in [0.1, 0.15) is 24.3 Å². The molecule has 0 saturated carbocycles. The van der Waals surface area contributed by atoms with Crippen molar-refractivity contribution in [3.63, 3.8) is 0 Å². The van der Waals surface area contributed by atoms with Gasteiger partial charge in [-0.25, -0.2) is 4.39 Å². The van der Waals surface area contributed by atoms with Crippen LogP contribution in [0.3, 0.4) is 0 Å². The van der Waals surface area contributed by atoms with Crippen molar-refractivity contribution in [2.24, 2.45) is 0 Å². The monoisotopic (exact) mass is 419 g/mol. The van der Waals surface area contributed by atoms with Gasteiger partial charge in [0, 0.05) is 11.1 Å². The zero-order valence-electron chi connectivity index (χ0n) is 13.9. The molecular weight excluding hydrogens is 404 g/mol. The van der Waals surface area contributed by atoms with Gasteiger partial charge in [-0.15, -0.1) is 11.8 Å². The lowest BCUT2D eigenvalue weighted by atomic mass is 10.1. The number of carbonyl (C=O) groups is 2. The molecule has 0 spiro atoms. The third kappa shape index (κ3) is 5.89. The van der Waals surface area contributed by atoms with Gasteiger partial charge in [0.05, 0.1) is 22.6 Å². The minimum Gasteiger partial charge on any atom is -0.360 e. The molecule has 1 unspecified atom stereocenters. The van der Waals surface area contributed by atoms with Gasteiger partial charge in [-0.2, -0.15) is 0 Å². The number of hydrogen-bond acceptors (Lipinski definition) is 5. The summed E-state index contributed by atoms with van der Waals surface area (Å²) in [5, 5.41) is 9.08. The molecule has 0 aliphatic rings. The third-order valence-corrected chi connectivity index (χ3v) is 4.79. The second-order valence-electron chi connectivity index (χ2n) is 5.44. The van der Waals surface area contributed by atoms with Gasteiger partial charge in [0.2, 0.25) is 11.8 Å². The smallest absolute Gasteiger partial charge is 0.235 e.